The molecule has 0 aliphatic heterocycles. The Morgan fingerprint density at radius 1 is 1.05 bits per heavy atom. The van der Waals surface area contributed by atoms with Gasteiger partial charge in [-0.3, -0.25) is 0 Å². The van der Waals surface area contributed by atoms with Crippen molar-refractivity contribution in [3.63, 3.8) is 0 Å². The van der Waals surface area contributed by atoms with E-state index in [1.165, 1.54) is 24.0 Å². The Kier molecular flexibility index (Phi) is 3.58. The van der Waals surface area contributed by atoms with Gasteiger partial charge >= 0.3 is 0 Å². The highest BCUT2D eigenvalue weighted by molar-refractivity contribution is 9.10. The number of hydrogen-bond acceptors (Lipinski definition) is 2. The van der Waals surface area contributed by atoms with Crippen LogP contribution in [-0.2, 0) is 19.4 Å². The van der Waals surface area contributed by atoms with E-state index in [0.29, 0.717) is 5.75 Å². The van der Waals surface area contributed by atoms with Crippen molar-refractivity contribution >= 4 is 15.9 Å². The molecule has 3 heteroatoms. The summed E-state index contributed by atoms with van der Waals surface area (Å²) < 4.78 is 6.86. The Morgan fingerprint density at radius 3 is 2.74 bits per heavy atom. The number of aryl methyl sites for hydroxylation is 2. The van der Waals surface area contributed by atoms with Crippen molar-refractivity contribution < 1.29 is 9.84 Å². The van der Waals surface area contributed by atoms with Crippen LogP contribution >= 0.6 is 15.9 Å². The van der Waals surface area contributed by atoms with E-state index in [4.69, 9.17) is 4.74 Å². The van der Waals surface area contributed by atoms with E-state index in [2.05, 4.69) is 28.1 Å². The Balaban J connectivity index is 1.90. The van der Waals surface area contributed by atoms with Crippen LogP contribution in [0.4, 0.5) is 0 Å². The molecule has 0 unspecified atom stereocenters. The standard InChI is InChI=1S/C16H15BrO2/c17-14-6-4-13(10-18)16(9-14)19-15-7-5-11-2-1-3-12(11)8-15/h4-9,18H,1-3,10H2. The lowest BCUT2D eigenvalue weighted by Gasteiger charge is -2.11. The van der Waals surface area contributed by atoms with Gasteiger partial charge in [0.2, 0.25) is 0 Å². The van der Waals surface area contributed by atoms with Gasteiger partial charge in [0.15, 0.2) is 0 Å². The normalized spacial score (nSPS) is 13.4. The molecular formula is C16H15BrO2. The fourth-order valence-electron chi connectivity index (χ4n) is 2.49. The van der Waals surface area contributed by atoms with Crippen LogP contribution in [-0.4, -0.2) is 5.11 Å². The summed E-state index contributed by atoms with van der Waals surface area (Å²) in [5.41, 5.74) is 3.62. The average molecular weight is 319 g/mol. The van der Waals surface area contributed by atoms with E-state index < -0.39 is 0 Å². The van der Waals surface area contributed by atoms with Gasteiger partial charge < -0.3 is 9.84 Å². The highest BCUT2D eigenvalue weighted by Crippen LogP contribution is 2.32. The minimum atomic E-state index is -0.0203. The summed E-state index contributed by atoms with van der Waals surface area (Å²) in [4.78, 5) is 0. The molecule has 1 aliphatic rings. The van der Waals surface area contributed by atoms with Gasteiger partial charge in [-0.2, -0.15) is 0 Å². The van der Waals surface area contributed by atoms with Gasteiger partial charge in [0.1, 0.15) is 11.5 Å². The van der Waals surface area contributed by atoms with Crippen LogP contribution in [0.2, 0.25) is 0 Å². The largest absolute Gasteiger partial charge is 0.457 e. The maximum atomic E-state index is 9.35. The van der Waals surface area contributed by atoms with Crippen LogP contribution in [0.25, 0.3) is 0 Å². The van der Waals surface area contributed by atoms with Crippen molar-refractivity contribution in [3.8, 4) is 11.5 Å². The van der Waals surface area contributed by atoms with Crippen LogP contribution in [0.3, 0.4) is 0 Å². The predicted octanol–water partition coefficient (Wildman–Crippen LogP) is 4.22. The van der Waals surface area contributed by atoms with Crippen molar-refractivity contribution in [2.75, 3.05) is 0 Å². The molecule has 2 aromatic rings. The number of aliphatic hydroxyl groups excluding tert-OH is 1. The molecule has 19 heavy (non-hydrogen) atoms. The SMILES string of the molecule is OCc1ccc(Br)cc1Oc1ccc2c(c1)CCC2. The van der Waals surface area contributed by atoms with Gasteiger partial charge in [-0.15, -0.1) is 0 Å². The van der Waals surface area contributed by atoms with Gasteiger partial charge in [0.25, 0.3) is 0 Å². The summed E-state index contributed by atoms with van der Waals surface area (Å²) >= 11 is 3.43. The highest BCUT2D eigenvalue weighted by atomic mass is 79.9. The molecule has 0 spiro atoms. The number of hydrogen-bond donors (Lipinski definition) is 1. The monoisotopic (exact) mass is 318 g/mol. The van der Waals surface area contributed by atoms with Crippen molar-refractivity contribution in [1.29, 1.82) is 0 Å². The molecule has 3 rings (SSSR count). The van der Waals surface area contributed by atoms with Gasteiger partial charge in [-0.05, 0) is 54.7 Å². The molecule has 2 aromatic carbocycles. The smallest absolute Gasteiger partial charge is 0.134 e. The molecule has 98 valence electrons. The minimum Gasteiger partial charge on any atom is -0.457 e. The number of benzene rings is 2. The summed E-state index contributed by atoms with van der Waals surface area (Å²) in [6.07, 6.45) is 3.55. The fourth-order valence-corrected chi connectivity index (χ4v) is 2.83. The van der Waals surface area contributed by atoms with E-state index in [1.54, 1.807) is 0 Å². The maximum Gasteiger partial charge on any atom is 0.134 e. The lowest BCUT2D eigenvalue weighted by atomic mass is 10.1. The van der Waals surface area contributed by atoms with Gasteiger partial charge in [0, 0.05) is 10.0 Å². The van der Waals surface area contributed by atoms with E-state index in [9.17, 15) is 5.11 Å². The van der Waals surface area contributed by atoms with E-state index >= 15 is 0 Å². The molecule has 0 heterocycles. The molecular weight excluding hydrogens is 304 g/mol. The zero-order valence-corrected chi connectivity index (χ0v) is 12.1. The Hall–Kier alpha value is -1.32. The molecule has 0 atom stereocenters. The third-order valence-corrected chi connectivity index (χ3v) is 3.99. The van der Waals surface area contributed by atoms with Crippen molar-refractivity contribution in [2.24, 2.45) is 0 Å². The molecule has 0 saturated carbocycles. The third-order valence-electron chi connectivity index (χ3n) is 3.50. The van der Waals surface area contributed by atoms with Crippen molar-refractivity contribution in [2.45, 2.75) is 25.9 Å². The van der Waals surface area contributed by atoms with Crippen LogP contribution in [0.5, 0.6) is 11.5 Å². The van der Waals surface area contributed by atoms with Crippen LogP contribution in [0.1, 0.15) is 23.1 Å². The van der Waals surface area contributed by atoms with Gasteiger partial charge in [-0.25, -0.2) is 0 Å². The molecule has 0 radical (unpaired) electrons. The summed E-state index contributed by atoms with van der Waals surface area (Å²) in [7, 11) is 0. The number of ether oxygens (including phenoxy) is 1. The second-order valence-electron chi connectivity index (χ2n) is 4.80. The molecule has 0 aromatic heterocycles. The zero-order chi connectivity index (χ0) is 13.2. The van der Waals surface area contributed by atoms with E-state index in [-0.39, 0.29) is 6.61 Å². The van der Waals surface area contributed by atoms with Crippen molar-refractivity contribution in [1.82, 2.24) is 0 Å². The Bertz CT molecular complexity index is 608. The average Bonchev–Trinajstić information content (AvgIpc) is 2.86. The van der Waals surface area contributed by atoms with Gasteiger partial charge in [-0.1, -0.05) is 28.1 Å². The second-order valence-corrected chi connectivity index (χ2v) is 5.71. The quantitative estimate of drug-likeness (QED) is 0.918. The number of fused-ring (bicyclic) bond motifs is 1. The number of halogens is 1. The molecule has 0 fully saturated rings. The minimum absolute atomic E-state index is 0.0203. The van der Waals surface area contributed by atoms with Crippen LogP contribution < -0.4 is 4.74 Å². The summed E-state index contributed by atoms with van der Waals surface area (Å²) in [5, 5.41) is 9.35. The first-order valence-corrected chi connectivity index (χ1v) is 7.24. The van der Waals surface area contributed by atoms with Crippen LogP contribution in [0, 0.1) is 0 Å². The zero-order valence-electron chi connectivity index (χ0n) is 10.5. The first-order valence-electron chi connectivity index (χ1n) is 6.45. The first kappa shape index (κ1) is 12.7. The molecule has 1 aliphatic carbocycles. The fraction of sp³-hybridized carbons (Fsp3) is 0.250. The molecule has 2 nitrogen and oxygen atoms in total. The molecule has 0 amide bonds. The summed E-state index contributed by atoms with van der Waals surface area (Å²) in [6.45, 7) is -0.0203. The first-order chi connectivity index (χ1) is 9.26. The third kappa shape index (κ3) is 2.67. The lowest BCUT2D eigenvalue weighted by Crippen LogP contribution is -1.93. The Morgan fingerprint density at radius 2 is 1.89 bits per heavy atom. The maximum absolute atomic E-state index is 9.35. The van der Waals surface area contributed by atoms with E-state index in [1.807, 2.05) is 24.3 Å². The van der Waals surface area contributed by atoms with E-state index in [0.717, 1.165) is 22.2 Å². The topological polar surface area (TPSA) is 29.5 Å². The number of rotatable bonds is 3. The molecule has 1 N–H and O–H groups in total. The summed E-state index contributed by atoms with van der Waals surface area (Å²) in [5.74, 6) is 1.54. The second kappa shape index (κ2) is 5.35. The number of aliphatic hydroxyl groups is 1. The van der Waals surface area contributed by atoms with Crippen LogP contribution in [0.15, 0.2) is 40.9 Å². The summed E-state index contributed by atoms with van der Waals surface area (Å²) in [6, 6.07) is 11.9. The predicted molar refractivity (Wildman–Crippen MR) is 78.6 cm³/mol. The van der Waals surface area contributed by atoms with Crippen molar-refractivity contribution in [3.05, 3.63) is 57.6 Å². The lowest BCUT2D eigenvalue weighted by molar-refractivity contribution is 0.276. The Labute approximate surface area is 121 Å². The highest BCUT2D eigenvalue weighted by Gasteiger charge is 2.12. The molecule has 0 bridgehead atoms. The van der Waals surface area contributed by atoms with Gasteiger partial charge in [0.05, 0.1) is 6.61 Å². The molecule has 0 saturated heterocycles.